The van der Waals surface area contributed by atoms with Gasteiger partial charge in [-0.2, -0.15) is 0 Å². The molecule has 30 heavy (non-hydrogen) atoms. The van der Waals surface area contributed by atoms with E-state index in [1.807, 2.05) is 4.57 Å². The molecule has 0 amide bonds. The van der Waals surface area contributed by atoms with E-state index in [2.05, 4.69) is 20.9 Å². The van der Waals surface area contributed by atoms with E-state index < -0.39 is 23.2 Å². The molecule has 0 aliphatic rings. The Morgan fingerprint density at radius 2 is 1.90 bits per heavy atom. The molecule has 3 rings (SSSR count). The second-order valence-corrected chi connectivity index (χ2v) is 8.77. The second-order valence-electron chi connectivity index (χ2n) is 7.91. The van der Waals surface area contributed by atoms with Gasteiger partial charge in [-0.15, -0.1) is 0 Å². The summed E-state index contributed by atoms with van der Waals surface area (Å²) in [5, 5.41) is 0. The SMILES string of the molecule is COCCn1c(Cc2cc(F)c(Br)cc2F)nc2ccc(C(=O)OC(C)(C)C)cc21. The van der Waals surface area contributed by atoms with Gasteiger partial charge in [-0.1, -0.05) is 0 Å². The molecule has 1 heterocycles. The first-order valence-corrected chi connectivity index (χ1v) is 10.2. The van der Waals surface area contributed by atoms with Gasteiger partial charge in [0.25, 0.3) is 0 Å². The molecule has 0 saturated heterocycles. The van der Waals surface area contributed by atoms with Gasteiger partial charge >= 0.3 is 5.97 Å². The van der Waals surface area contributed by atoms with Gasteiger partial charge in [0.05, 0.1) is 27.7 Å². The van der Waals surface area contributed by atoms with Crippen LogP contribution in [0.5, 0.6) is 0 Å². The quantitative estimate of drug-likeness (QED) is 0.356. The third-order valence-corrected chi connectivity index (χ3v) is 5.03. The van der Waals surface area contributed by atoms with Crippen LogP contribution in [0.3, 0.4) is 0 Å². The summed E-state index contributed by atoms with van der Waals surface area (Å²) in [6, 6.07) is 7.33. The Hall–Kier alpha value is -2.32. The van der Waals surface area contributed by atoms with E-state index in [4.69, 9.17) is 9.47 Å². The first-order valence-electron chi connectivity index (χ1n) is 9.44. The maximum Gasteiger partial charge on any atom is 0.338 e. The van der Waals surface area contributed by atoms with Crippen LogP contribution in [-0.2, 0) is 22.4 Å². The molecule has 3 aromatic rings. The van der Waals surface area contributed by atoms with Crippen molar-refractivity contribution in [1.29, 1.82) is 0 Å². The van der Waals surface area contributed by atoms with Gasteiger partial charge < -0.3 is 14.0 Å². The summed E-state index contributed by atoms with van der Waals surface area (Å²) in [6.45, 7) is 6.25. The molecule has 160 valence electrons. The Bertz CT molecular complexity index is 1090. The molecule has 5 nitrogen and oxygen atoms in total. The lowest BCUT2D eigenvalue weighted by Gasteiger charge is -2.19. The minimum absolute atomic E-state index is 0.0682. The van der Waals surface area contributed by atoms with E-state index >= 15 is 0 Å². The minimum atomic E-state index is -0.614. The fourth-order valence-electron chi connectivity index (χ4n) is 3.07. The van der Waals surface area contributed by atoms with Crippen LogP contribution >= 0.6 is 15.9 Å². The molecule has 2 aromatic carbocycles. The number of nitrogens with zero attached hydrogens (tertiary/aromatic N) is 2. The third kappa shape index (κ3) is 5.05. The number of esters is 1. The van der Waals surface area contributed by atoms with Crippen LogP contribution in [0.2, 0.25) is 0 Å². The standard InChI is InChI=1S/C22H23BrF2N2O3/c1-22(2,3)30-21(28)13-5-6-18-19(10-13)27(7-8-29-4)20(26-18)11-14-9-17(25)15(23)12-16(14)24/h5-6,9-10,12H,7-8,11H2,1-4H3. The number of imidazole rings is 1. The summed E-state index contributed by atoms with van der Waals surface area (Å²) in [5.41, 5.74) is 1.31. The number of hydrogen-bond acceptors (Lipinski definition) is 4. The number of carbonyl (C=O) groups excluding carboxylic acids is 1. The Balaban J connectivity index is 2.04. The first-order chi connectivity index (χ1) is 14.1. The molecular weight excluding hydrogens is 458 g/mol. The third-order valence-electron chi connectivity index (χ3n) is 4.42. The van der Waals surface area contributed by atoms with Crippen molar-refractivity contribution in [3.63, 3.8) is 0 Å². The fourth-order valence-corrected chi connectivity index (χ4v) is 3.39. The molecule has 1 aromatic heterocycles. The van der Waals surface area contributed by atoms with Crippen molar-refractivity contribution < 1.29 is 23.0 Å². The molecule has 0 N–H and O–H groups in total. The predicted octanol–water partition coefficient (Wildman–Crippen LogP) is 5.27. The number of hydrogen-bond donors (Lipinski definition) is 0. The monoisotopic (exact) mass is 480 g/mol. The number of ether oxygens (including phenoxy) is 2. The van der Waals surface area contributed by atoms with E-state index in [9.17, 15) is 13.6 Å². The van der Waals surface area contributed by atoms with Gasteiger partial charge in [0, 0.05) is 20.1 Å². The van der Waals surface area contributed by atoms with Crippen molar-refractivity contribution in [2.45, 2.75) is 39.3 Å². The highest BCUT2D eigenvalue weighted by atomic mass is 79.9. The summed E-state index contributed by atoms with van der Waals surface area (Å²) in [7, 11) is 1.58. The number of aromatic nitrogens is 2. The number of methoxy groups -OCH3 is 1. The van der Waals surface area contributed by atoms with Crippen LogP contribution in [0.25, 0.3) is 11.0 Å². The normalized spacial score (nSPS) is 11.8. The lowest BCUT2D eigenvalue weighted by Crippen LogP contribution is -2.23. The lowest BCUT2D eigenvalue weighted by atomic mass is 10.1. The van der Waals surface area contributed by atoms with Gasteiger partial charge in [0.1, 0.15) is 23.1 Å². The second kappa shape index (κ2) is 8.81. The van der Waals surface area contributed by atoms with Crippen LogP contribution < -0.4 is 0 Å². The largest absolute Gasteiger partial charge is 0.456 e. The van der Waals surface area contributed by atoms with Crippen LogP contribution in [0.15, 0.2) is 34.8 Å². The van der Waals surface area contributed by atoms with Crippen molar-refractivity contribution in [3.8, 4) is 0 Å². The molecule has 0 radical (unpaired) electrons. The van der Waals surface area contributed by atoms with Crippen molar-refractivity contribution >= 4 is 32.9 Å². The number of carbonyl (C=O) groups is 1. The fraction of sp³-hybridized carbons (Fsp3) is 0.364. The summed E-state index contributed by atoms with van der Waals surface area (Å²) < 4.78 is 40.9. The first kappa shape index (κ1) is 22.4. The zero-order valence-corrected chi connectivity index (χ0v) is 18.8. The van der Waals surface area contributed by atoms with Crippen LogP contribution in [0.4, 0.5) is 8.78 Å². The van der Waals surface area contributed by atoms with Gasteiger partial charge in [0.15, 0.2) is 0 Å². The zero-order valence-electron chi connectivity index (χ0n) is 17.3. The smallest absolute Gasteiger partial charge is 0.338 e. The maximum absolute atomic E-state index is 14.4. The van der Waals surface area contributed by atoms with Gasteiger partial charge in [-0.05, 0) is 72.6 Å². The van der Waals surface area contributed by atoms with Gasteiger partial charge in [-0.3, -0.25) is 0 Å². The Morgan fingerprint density at radius 1 is 1.17 bits per heavy atom. The van der Waals surface area contributed by atoms with Crippen molar-refractivity contribution in [2.75, 3.05) is 13.7 Å². The average Bonchev–Trinajstić information content (AvgIpc) is 2.99. The molecule has 0 aliphatic carbocycles. The molecule has 0 saturated carbocycles. The topological polar surface area (TPSA) is 53.4 Å². The Kier molecular flexibility index (Phi) is 6.57. The van der Waals surface area contributed by atoms with Gasteiger partial charge in [0.2, 0.25) is 0 Å². The highest BCUT2D eigenvalue weighted by molar-refractivity contribution is 9.10. The summed E-state index contributed by atoms with van der Waals surface area (Å²) in [4.78, 5) is 17.1. The predicted molar refractivity (Wildman–Crippen MR) is 114 cm³/mol. The van der Waals surface area contributed by atoms with Crippen molar-refractivity contribution in [3.05, 3.63) is 63.4 Å². The average molecular weight is 481 g/mol. The lowest BCUT2D eigenvalue weighted by molar-refractivity contribution is 0.00696. The minimum Gasteiger partial charge on any atom is -0.456 e. The molecule has 8 heteroatoms. The van der Waals surface area contributed by atoms with Crippen molar-refractivity contribution in [1.82, 2.24) is 9.55 Å². The van der Waals surface area contributed by atoms with E-state index in [0.29, 0.717) is 35.6 Å². The van der Waals surface area contributed by atoms with E-state index in [-0.39, 0.29) is 16.5 Å². The summed E-state index contributed by atoms with van der Waals surface area (Å²) >= 11 is 2.99. The molecule has 0 unspecified atom stereocenters. The number of halogens is 3. The van der Waals surface area contributed by atoms with Crippen LogP contribution in [-0.4, -0.2) is 34.8 Å². The Labute approximate surface area is 182 Å². The number of benzene rings is 2. The molecule has 0 bridgehead atoms. The van der Waals surface area contributed by atoms with E-state index in [0.717, 1.165) is 12.1 Å². The maximum atomic E-state index is 14.4. The highest BCUT2D eigenvalue weighted by Gasteiger charge is 2.20. The van der Waals surface area contributed by atoms with Crippen LogP contribution in [0, 0.1) is 11.6 Å². The van der Waals surface area contributed by atoms with Gasteiger partial charge in [-0.25, -0.2) is 18.6 Å². The number of rotatable bonds is 6. The zero-order chi connectivity index (χ0) is 22.1. The Morgan fingerprint density at radius 3 is 2.57 bits per heavy atom. The molecule has 0 spiro atoms. The molecule has 0 aliphatic heterocycles. The van der Waals surface area contributed by atoms with E-state index in [1.54, 1.807) is 46.1 Å². The summed E-state index contributed by atoms with van der Waals surface area (Å²) in [6.07, 6.45) is 0.0935. The molecular formula is C22H23BrF2N2O3. The number of fused-ring (bicyclic) bond motifs is 1. The van der Waals surface area contributed by atoms with E-state index in [1.165, 1.54) is 0 Å². The van der Waals surface area contributed by atoms with Crippen LogP contribution in [0.1, 0.15) is 42.5 Å². The molecule has 0 fully saturated rings. The van der Waals surface area contributed by atoms with Crippen molar-refractivity contribution in [2.24, 2.45) is 0 Å². The highest BCUT2D eigenvalue weighted by Crippen LogP contribution is 2.25. The summed E-state index contributed by atoms with van der Waals surface area (Å²) in [5.74, 6) is -0.961. The molecule has 0 atom stereocenters.